The van der Waals surface area contributed by atoms with Crippen molar-refractivity contribution < 1.29 is 14.6 Å². The van der Waals surface area contributed by atoms with Gasteiger partial charge in [-0.2, -0.15) is 0 Å². The predicted molar refractivity (Wildman–Crippen MR) is 53.3 cm³/mol. The molecule has 1 aliphatic rings. The standard InChI is InChI=1S/C10H19NO3/c1-8(10(12)13)11-6-5-9-4-2-3-7-14-9/h8-9,11H,2-7H2,1H3,(H,12,13). The molecule has 1 heterocycles. The van der Waals surface area contributed by atoms with E-state index in [0.29, 0.717) is 6.10 Å². The molecule has 0 saturated carbocycles. The summed E-state index contributed by atoms with van der Waals surface area (Å²) in [6.07, 6.45) is 4.76. The third-order valence-electron chi connectivity index (χ3n) is 2.56. The number of aliphatic carboxylic acids is 1. The van der Waals surface area contributed by atoms with Gasteiger partial charge in [0.05, 0.1) is 6.10 Å². The molecule has 2 atom stereocenters. The van der Waals surface area contributed by atoms with Crippen LogP contribution in [-0.4, -0.2) is 36.4 Å². The first kappa shape index (κ1) is 11.5. The normalized spacial score (nSPS) is 24.5. The second kappa shape index (κ2) is 5.98. The van der Waals surface area contributed by atoms with Gasteiger partial charge in [0.2, 0.25) is 0 Å². The van der Waals surface area contributed by atoms with Crippen molar-refractivity contribution in [1.29, 1.82) is 0 Å². The Morgan fingerprint density at radius 2 is 2.43 bits per heavy atom. The molecule has 1 fully saturated rings. The van der Waals surface area contributed by atoms with E-state index in [9.17, 15) is 4.79 Å². The zero-order chi connectivity index (χ0) is 10.4. The fraction of sp³-hybridized carbons (Fsp3) is 0.900. The third kappa shape index (κ3) is 4.07. The summed E-state index contributed by atoms with van der Waals surface area (Å²) in [5.41, 5.74) is 0. The Bertz CT molecular complexity index is 178. The molecule has 82 valence electrons. The van der Waals surface area contributed by atoms with Crippen molar-refractivity contribution in [3.05, 3.63) is 0 Å². The maximum atomic E-state index is 10.5. The molecule has 1 saturated heterocycles. The van der Waals surface area contributed by atoms with E-state index in [1.807, 2.05) is 0 Å². The van der Waals surface area contributed by atoms with Crippen LogP contribution in [0.4, 0.5) is 0 Å². The SMILES string of the molecule is CC(NCCC1CCCCO1)C(=O)O. The largest absolute Gasteiger partial charge is 0.480 e. The van der Waals surface area contributed by atoms with Crippen molar-refractivity contribution in [3.63, 3.8) is 0 Å². The first-order valence-corrected chi connectivity index (χ1v) is 5.28. The minimum atomic E-state index is -0.797. The number of carboxylic acid groups (broad SMARTS) is 1. The van der Waals surface area contributed by atoms with Gasteiger partial charge in [0, 0.05) is 6.61 Å². The van der Waals surface area contributed by atoms with Gasteiger partial charge in [-0.15, -0.1) is 0 Å². The zero-order valence-corrected chi connectivity index (χ0v) is 8.66. The van der Waals surface area contributed by atoms with Crippen LogP contribution in [-0.2, 0) is 9.53 Å². The second-order valence-electron chi connectivity index (χ2n) is 3.79. The summed E-state index contributed by atoms with van der Waals surface area (Å²) < 4.78 is 5.53. The molecule has 4 nitrogen and oxygen atoms in total. The van der Waals surface area contributed by atoms with E-state index in [0.717, 1.165) is 32.4 Å². The van der Waals surface area contributed by atoms with Crippen molar-refractivity contribution in [3.8, 4) is 0 Å². The van der Waals surface area contributed by atoms with Crippen LogP contribution < -0.4 is 5.32 Å². The average Bonchev–Trinajstić information content (AvgIpc) is 2.19. The molecule has 0 bridgehead atoms. The molecule has 0 aliphatic carbocycles. The molecule has 4 heteroatoms. The summed E-state index contributed by atoms with van der Waals surface area (Å²) in [5.74, 6) is -0.797. The molecule has 0 amide bonds. The van der Waals surface area contributed by atoms with Gasteiger partial charge in [-0.25, -0.2) is 0 Å². The van der Waals surface area contributed by atoms with Crippen LogP contribution in [0.15, 0.2) is 0 Å². The van der Waals surface area contributed by atoms with E-state index in [4.69, 9.17) is 9.84 Å². The molecule has 14 heavy (non-hydrogen) atoms. The zero-order valence-electron chi connectivity index (χ0n) is 8.66. The number of nitrogens with one attached hydrogen (secondary N) is 1. The van der Waals surface area contributed by atoms with E-state index < -0.39 is 12.0 Å². The topological polar surface area (TPSA) is 58.6 Å². The Balaban J connectivity index is 2.05. The molecular weight excluding hydrogens is 182 g/mol. The molecule has 1 rings (SSSR count). The van der Waals surface area contributed by atoms with Crippen molar-refractivity contribution >= 4 is 5.97 Å². The van der Waals surface area contributed by atoms with Crippen LogP contribution in [0.2, 0.25) is 0 Å². The molecule has 0 aromatic carbocycles. The summed E-state index contributed by atoms with van der Waals surface area (Å²) in [5, 5.41) is 11.6. The van der Waals surface area contributed by atoms with E-state index in [1.54, 1.807) is 6.92 Å². The maximum Gasteiger partial charge on any atom is 0.320 e. The minimum absolute atomic E-state index is 0.331. The van der Waals surface area contributed by atoms with Crippen molar-refractivity contribution in [2.75, 3.05) is 13.2 Å². The van der Waals surface area contributed by atoms with Gasteiger partial charge >= 0.3 is 5.97 Å². The number of rotatable bonds is 5. The highest BCUT2D eigenvalue weighted by atomic mass is 16.5. The molecule has 1 aliphatic heterocycles. The molecule has 0 spiro atoms. The Labute approximate surface area is 84.6 Å². The summed E-state index contributed by atoms with van der Waals surface area (Å²) in [6.45, 7) is 3.24. The number of hydrogen-bond donors (Lipinski definition) is 2. The predicted octanol–water partition coefficient (Wildman–Crippen LogP) is 1.01. The van der Waals surface area contributed by atoms with Crippen LogP contribution in [0, 0.1) is 0 Å². The fourth-order valence-corrected chi connectivity index (χ4v) is 1.58. The first-order chi connectivity index (χ1) is 6.70. The van der Waals surface area contributed by atoms with Crippen LogP contribution in [0.1, 0.15) is 32.6 Å². The molecule has 0 aromatic rings. The summed E-state index contributed by atoms with van der Waals surface area (Å²) in [4.78, 5) is 10.5. The number of carbonyl (C=O) groups is 1. The summed E-state index contributed by atoms with van der Waals surface area (Å²) in [7, 11) is 0. The van der Waals surface area contributed by atoms with Gasteiger partial charge in [-0.05, 0) is 39.2 Å². The Morgan fingerprint density at radius 1 is 1.64 bits per heavy atom. The Morgan fingerprint density at radius 3 is 3.00 bits per heavy atom. The number of hydrogen-bond acceptors (Lipinski definition) is 3. The van der Waals surface area contributed by atoms with Crippen LogP contribution >= 0.6 is 0 Å². The van der Waals surface area contributed by atoms with Crippen molar-refractivity contribution in [1.82, 2.24) is 5.32 Å². The lowest BCUT2D eigenvalue weighted by Gasteiger charge is -2.22. The van der Waals surface area contributed by atoms with Gasteiger partial charge in [0.25, 0.3) is 0 Å². The van der Waals surface area contributed by atoms with E-state index in [1.165, 1.54) is 6.42 Å². The van der Waals surface area contributed by atoms with Crippen LogP contribution in [0.25, 0.3) is 0 Å². The van der Waals surface area contributed by atoms with Gasteiger partial charge < -0.3 is 15.2 Å². The first-order valence-electron chi connectivity index (χ1n) is 5.28. The Kier molecular flexibility index (Phi) is 4.90. The van der Waals surface area contributed by atoms with Crippen LogP contribution in [0.3, 0.4) is 0 Å². The molecule has 0 radical (unpaired) electrons. The summed E-state index contributed by atoms with van der Waals surface area (Å²) >= 11 is 0. The smallest absolute Gasteiger partial charge is 0.320 e. The highest BCUT2D eigenvalue weighted by molar-refractivity contribution is 5.72. The van der Waals surface area contributed by atoms with E-state index >= 15 is 0 Å². The number of ether oxygens (including phenoxy) is 1. The summed E-state index contributed by atoms with van der Waals surface area (Å²) in [6, 6.07) is -0.460. The molecular formula is C10H19NO3. The Hall–Kier alpha value is -0.610. The van der Waals surface area contributed by atoms with Gasteiger partial charge in [-0.1, -0.05) is 0 Å². The monoisotopic (exact) mass is 201 g/mol. The highest BCUT2D eigenvalue weighted by Gasteiger charge is 2.14. The van der Waals surface area contributed by atoms with Crippen LogP contribution in [0.5, 0.6) is 0 Å². The molecule has 2 N–H and O–H groups in total. The molecule has 2 unspecified atom stereocenters. The minimum Gasteiger partial charge on any atom is -0.480 e. The lowest BCUT2D eigenvalue weighted by molar-refractivity contribution is -0.139. The second-order valence-corrected chi connectivity index (χ2v) is 3.79. The van der Waals surface area contributed by atoms with Gasteiger partial charge in [0.1, 0.15) is 6.04 Å². The van der Waals surface area contributed by atoms with Crippen molar-refractivity contribution in [2.24, 2.45) is 0 Å². The average molecular weight is 201 g/mol. The quantitative estimate of drug-likeness (QED) is 0.697. The van der Waals surface area contributed by atoms with E-state index in [-0.39, 0.29) is 0 Å². The lowest BCUT2D eigenvalue weighted by Crippen LogP contribution is -2.36. The highest BCUT2D eigenvalue weighted by Crippen LogP contribution is 2.14. The van der Waals surface area contributed by atoms with Gasteiger partial charge in [-0.3, -0.25) is 4.79 Å². The fourth-order valence-electron chi connectivity index (χ4n) is 1.58. The van der Waals surface area contributed by atoms with Crippen molar-refractivity contribution in [2.45, 2.75) is 44.8 Å². The van der Waals surface area contributed by atoms with Gasteiger partial charge in [0.15, 0.2) is 0 Å². The lowest BCUT2D eigenvalue weighted by atomic mass is 10.1. The van der Waals surface area contributed by atoms with E-state index in [2.05, 4.69) is 5.32 Å². The third-order valence-corrected chi connectivity index (χ3v) is 2.56. The molecule has 0 aromatic heterocycles. The number of carboxylic acids is 1. The maximum absolute atomic E-state index is 10.5.